The Morgan fingerprint density at radius 3 is 2.53 bits per heavy atom. The van der Waals surface area contributed by atoms with Crippen LogP contribution in [0.15, 0.2) is 42.5 Å². The number of amides is 1. The summed E-state index contributed by atoms with van der Waals surface area (Å²) in [6.45, 7) is 0.137. The van der Waals surface area contributed by atoms with Gasteiger partial charge in [0.25, 0.3) is 5.91 Å². The Kier molecular flexibility index (Phi) is 5.20. The van der Waals surface area contributed by atoms with E-state index in [-0.39, 0.29) is 30.1 Å². The van der Waals surface area contributed by atoms with Gasteiger partial charge < -0.3 is 15.1 Å². The van der Waals surface area contributed by atoms with Gasteiger partial charge in [-0.25, -0.2) is 9.50 Å². The van der Waals surface area contributed by atoms with Crippen molar-refractivity contribution in [3.63, 3.8) is 0 Å². The zero-order valence-electron chi connectivity index (χ0n) is 15.8. The fraction of sp³-hybridized carbons (Fsp3) is 0.350. The number of fused-ring (bicyclic) bond motifs is 1. The van der Waals surface area contributed by atoms with Crippen molar-refractivity contribution >= 4 is 11.6 Å². The van der Waals surface area contributed by atoms with E-state index < -0.39 is 30.0 Å². The maximum absolute atomic E-state index is 13.7. The second kappa shape index (κ2) is 7.69. The lowest BCUT2D eigenvalue weighted by Gasteiger charge is -2.22. The van der Waals surface area contributed by atoms with Crippen LogP contribution in [0.4, 0.5) is 13.2 Å². The van der Waals surface area contributed by atoms with Gasteiger partial charge in [0.2, 0.25) is 0 Å². The molecule has 4 rings (SSSR count). The Hall–Kier alpha value is -2.98. The number of hydrogen-bond donors (Lipinski definition) is 2. The summed E-state index contributed by atoms with van der Waals surface area (Å²) in [4.78, 5) is 18.4. The summed E-state index contributed by atoms with van der Waals surface area (Å²) in [6, 6.07) is 10.5. The quantitative estimate of drug-likeness (QED) is 0.664. The van der Waals surface area contributed by atoms with E-state index in [4.69, 9.17) is 0 Å². The van der Waals surface area contributed by atoms with Crippen molar-refractivity contribution < 1.29 is 28.2 Å². The third-order valence-electron chi connectivity index (χ3n) is 5.07. The molecule has 1 amide bonds. The van der Waals surface area contributed by atoms with Crippen LogP contribution in [0.5, 0.6) is 0 Å². The van der Waals surface area contributed by atoms with E-state index in [0.29, 0.717) is 22.9 Å². The number of aromatic nitrogens is 3. The molecule has 2 N–H and O–H groups in total. The molecule has 0 radical (unpaired) electrons. The van der Waals surface area contributed by atoms with Crippen molar-refractivity contribution in [3.05, 3.63) is 53.9 Å². The highest BCUT2D eigenvalue weighted by Crippen LogP contribution is 2.32. The van der Waals surface area contributed by atoms with Crippen molar-refractivity contribution in [2.45, 2.75) is 31.2 Å². The van der Waals surface area contributed by atoms with Gasteiger partial charge in [-0.05, 0) is 18.9 Å². The number of hydrogen-bond acceptors (Lipinski definition) is 5. The summed E-state index contributed by atoms with van der Waals surface area (Å²) < 4.78 is 41.7. The number of nitrogens with zero attached hydrogens (tertiary/aromatic N) is 4. The average Bonchev–Trinajstić information content (AvgIpc) is 3.07. The number of halogens is 3. The zero-order chi connectivity index (χ0) is 21.5. The molecule has 158 valence electrons. The zero-order valence-corrected chi connectivity index (χ0v) is 15.8. The van der Waals surface area contributed by atoms with Crippen molar-refractivity contribution in [2.24, 2.45) is 0 Å². The van der Waals surface area contributed by atoms with Crippen LogP contribution in [-0.2, 0) is 6.18 Å². The lowest BCUT2D eigenvalue weighted by atomic mass is 10.1. The average molecular weight is 420 g/mol. The third-order valence-corrected chi connectivity index (χ3v) is 5.07. The highest BCUT2D eigenvalue weighted by atomic mass is 19.4. The standard InChI is InChI=1S/C20H19F3N4O3/c21-20(22,23)17-9-13(12-5-2-1-3-6-12)24-18-10-14(25-27(17)18)19(30)26-8-4-7-15(28)16(29)11-26/h1-3,5-6,9-10,15-16,28-29H,4,7-8,11H2/t15-,16+/m0/s1. The molecule has 7 nitrogen and oxygen atoms in total. The Labute approximate surface area is 169 Å². The van der Waals surface area contributed by atoms with E-state index in [9.17, 15) is 28.2 Å². The van der Waals surface area contributed by atoms with Gasteiger partial charge in [-0.15, -0.1) is 0 Å². The highest BCUT2D eigenvalue weighted by Gasteiger charge is 2.36. The molecular weight excluding hydrogens is 401 g/mol. The minimum atomic E-state index is -4.71. The Morgan fingerprint density at radius 2 is 1.83 bits per heavy atom. The molecule has 0 aliphatic carbocycles. The Bertz CT molecular complexity index is 1070. The van der Waals surface area contributed by atoms with Crippen molar-refractivity contribution in [2.75, 3.05) is 13.1 Å². The maximum Gasteiger partial charge on any atom is 0.433 e. The molecule has 1 aliphatic rings. The smallest absolute Gasteiger partial charge is 0.390 e. The van der Waals surface area contributed by atoms with Crippen molar-refractivity contribution in [3.8, 4) is 11.3 Å². The number of likely N-dealkylation sites (tertiary alicyclic amines) is 1. The van der Waals surface area contributed by atoms with Gasteiger partial charge in [0, 0.05) is 24.7 Å². The third kappa shape index (κ3) is 3.88. The summed E-state index contributed by atoms with van der Waals surface area (Å²) >= 11 is 0. The second-order valence-corrected chi connectivity index (χ2v) is 7.22. The summed E-state index contributed by atoms with van der Waals surface area (Å²) in [5.74, 6) is -0.622. The van der Waals surface area contributed by atoms with Crippen molar-refractivity contribution in [1.82, 2.24) is 19.5 Å². The van der Waals surface area contributed by atoms with Crippen molar-refractivity contribution in [1.29, 1.82) is 0 Å². The predicted octanol–water partition coefficient (Wildman–Crippen LogP) is 2.37. The number of β-amino-alcohol motifs (C(OH)–C–C–N with tert-alkyl or cyclic N) is 1. The van der Waals surface area contributed by atoms with Gasteiger partial charge in [-0.3, -0.25) is 4.79 Å². The first kappa shape index (κ1) is 20.3. The number of rotatable bonds is 2. The summed E-state index contributed by atoms with van der Waals surface area (Å²) in [5.41, 5.74) is -0.743. The number of aliphatic hydroxyl groups excluding tert-OH is 2. The topological polar surface area (TPSA) is 91.0 Å². The predicted molar refractivity (Wildman–Crippen MR) is 101 cm³/mol. The summed E-state index contributed by atoms with van der Waals surface area (Å²) in [5, 5.41) is 23.6. The lowest BCUT2D eigenvalue weighted by Crippen LogP contribution is -2.39. The SMILES string of the molecule is O=C(c1cc2nc(-c3ccccc3)cc(C(F)(F)F)n2n1)N1CCC[C@H](O)[C@H](O)C1. The molecule has 3 heterocycles. The Morgan fingerprint density at radius 1 is 1.10 bits per heavy atom. The molecule has 2 aromatic heterocycles. The number of aliphatic hydroxyl groups is 2. The van der Waals surface area contributed by atoms with Crippen LogP contribution in [0, 0.1) is 0 Å². The van der Waals surface area contributed by atoms with Gasteiger partial charge in [-0.2, -0.15) is 18.3 Å². The number of benzene rings is 1. The van der Waals surface area contributed by atoms with E-state index in [2.05, 4.69) is 10.1 Å². The molecule has 2 atom stereocenters. The summed E-state index contributed by atoms with van der Waals surface area (Å²) in [7, 11) is 0. The first-order chi connectivity index (χ1) is 14.2. The number of carbonyl (C=O) groups is 1. The van der Waals surface area contributed by atoms with Gasteiger partial charge >= 0.3 is 6.18 Å². The van der Waals surface area contributed by atoms with Crippen LogP contribution >= 0.6 is 0 Å². The summed E-state index contributed by atoms with van der Waals surface area (Å²) in [6.07, 6.45) is -5.99. The minimum absolute atomic E-state index is 0.109. The van der Waals surface area contributed by atoms with E-state index in [0.717, 1.165) is 6.07 Å². The maximum atomic E-state index is 13.7. The first-order valence-corrected chi connectivity index (χ1v) is 9.43. The highest BCUT2D eigenvalue weighted by molar-refractivity contribution is 5.93. The molecule has 10 heteroatoms. The molecule has 0 spiro atoms. The van der Waals surface area contributed by atoms with E-state index in [1.54, 1.807) is 30.3 Å². The van der Waals surface area contributed by atoms with Crippen LogP contribution in [0.1, 0.15) is 29.0 Å². The van der Waals surface area contributed by atoms with Gasteiger partial charge in [0.05, 0.1) is 17.9 Å². The molecule has 0 unspecified atom stereocenters. The molecule has 3 aromatic rings. The van der Waals surface area contributed by atoms with Gasteiger partial charge in [-0.1, -0.05) is 30.3 Å². The fourth-order valence-corrected chi connectivity index (χ4v) is 3.51. The van der Waals surface area contributed by atoms with Crippen LogP contribution in [-0.4, -0.2) is 60.9 Å². The molecular formula is C20H19F3N4O3. The largest absolute Gasteiger partial charge is 0.433 e. The van der Waals surface area contributed by atoms with Crippen LogP contribution < -0.4 is 0 Å². The van der Waals surface area contributed by atoms with E-state index >= 15 is 0 Å². The molecule has 1 aromatic carbocycles. The van der Waals surface area contributed by atoms with E-state index in [1.807, 2.05) is 0 Å². The fourth-order valence-electron chi connectivity index (χ4n) is 3.51. The number of carbonyl (C=O) groups excluding carboxylic acids is 1. The second-order valence-electron chi connectivity index (χ2n) is 7.22. The van der Waals surface area contributed by atoms with Gasteiger partial charge in [0.1, 0.15) is 0 Å². The monoisotopic (exact) mass is 420 g/mol. The van der Waals surface area contributed by atoms with Crippen LogP contribution in [0.3, 0.4) is 0 Å². The first-order valence-electron chi connectivity index (χ1n) is 9.43. The van der Waals surface area contributed by atoms with Crippen LogP contribution in [0.25, 0.3) is 16.9 Å². The molecule has 30 heavy (non-hydrogen) atoms. The molecule has 0 bridgehead atoms. The molecule has 1 saturated heterocycles. The normalized spacial score (nSPS) is 20.4. The minimum Gasteiger partial charge on any atom is -0.390 e. The molecule has 1 fully saturated rings. The van der Waals surface area contributed by atoms with Crippen LogP contribution in [0.2, 0.25) is 0 Å². The molecule has 1 aliphatic heterocycles. The lowest BCUT2D eigenvalue weighted by molar-refractivity contribution is -0.142. The van der Waals surface area contributed by atoms with Gasteiger partial charge in [0.15, 0.2) is 17.0 Å². The van der Waals surface area contributed by atoms with E-state index in [1.165, 1.54) is 11.0 Å². The molecule has 0 saturated carbocycles. The number of alkyl halides is 3. The Balaban J connectivity index is 1.77.